The highest BCUT2D eigenvalue weighted by Crippen LogP contribution is 2.18. The van der Waals surface area contributed by atoms with Crippen molar-refractivity contribution in [1.82, 2.24) is 0 Å². The van der Waals surface area contributed by atoms with E-state index in [1.165, 1.54) is 18.3 Å². The van der Waals surface area contributed by atoms with Crippen LogP contribution in [-0.4, -0.2) is 12.4 Å². The Balaban J connectivity index is 3.08. The second kappa shape index (κ2) is 4.50. The third-order valence-electron chi connectivity index (χ3n) is 1.56. The Bertz CT molecular complexity index is 332. The maximum absolute atomic E-state index is 12.8. The molecule has 0 aliphatic carbocycles. The van der Waals surface area contributed by atoms with E-state index in [0.29, 0.717) is 11.3 Å². The van der Waals surface area contributed by atoms with Gasteiger partial charge in [-0.05, 0) is 18.6 Å². The van der Waals surface area contributed by atoms with Crippen molar-refractivity contribution in [3.8, 4) is 0 Å². The highest BCUT2D eigenvalue weighted by Gasteiger charge is 1.98. The maximum Gasteiger partial charge on any atom is 0.125 e. The predicted molar refractivity (Wildman–Crippen MR) is 52.7 cm³/mol. The largest absolute Gasteiger partial charge is 0.308 e. The fourth-order valence-electron chi connectivity index (χ4n) is 0.940. The molecule has 0 aliphatic rings. The van der Waals surface area contributed by atoms with Crippen LogP contribution in [0.1, 0.15) is 18.9 Å². The number of benzene rings is 1. The molecule has 0 aliphatic heterocycles. The fourth-order valence-corrected chi connectivity index (χ4v) is 0.940. The van der Waals surface area contributed by atoms with Crippen molar-refractivity contribution in [3.05, 3.63) is 29.6 Å². The summed E-state index contributed by atoms with van der Waals surface area (Å²) in [5, 5.41) is 7.07. The second-order valence-corrected chi connectivity index (χ2v) is 2.57. The number of aliphatic imine (C=N–C) groups is 1. The van der Waals surface area contributed by atoms with Crippen LogP contribution in [0, 0.1) is 11.2 Å². The summed E-state index contributed by atoms with van der Waals surface area (Å²) in [4.78, 5) is 4.04. The molecule has 0 unspecified atom stereocenters. The fraction of sp³-hybridized carbons (Fsp3) is 0.200. The highest BCUT2D eigenvalue weighted by atomic mass is 19.1. The molecule has 0 radical (unpaired) electrons. The summed E-state index contributed by atoms with van der Waals surface area (Å²) < 4.78 is 12.8. The van der Waals surface area contributed by atoms with Crippen molar-refractivity contribution in [2.45, 2.75) is 13.3 Å². The van der Waals surface area contributed by atoms with Gasteiger partial charge in [0.15, 0.2) is 0 Å². The Morgan fingerprint density at radius 3 is 2.92 bits per heavy atom. The number of hydrogen-bond acceptors (Lipinski definition) is 2. The lowest BCUT2D eigenvalue weighted by molar-refractivity contribution is 0.628. The summed E-state index contributed by atoms with van der Waals surface area (Å²) in [6.07, 6.45) is 3.66. The molecule has 1 aromatic rings. The van der Waals surface area contributed by atoms with Gasteiger partial charge in [0.25, 0.3) is 0 Å². The van der Waals surface area contributed by atoms with Crippen molar-refractivity contribution >= 4 is 18.1 Å². The van der Waals surface area contributed by atoms with Gasteiger partial charge in [-0.3, -0.25) is 4.99 Å². The van der Waals surface area contributed by atoms with E-state index in [0.717, 1.165) is 6.42 Å². The van der Waals surface area contributed by atoms with Crippen molar-refractivity contribution < 1.29 is 4.39 Å². The van der Waals surface area contributed by atoms with Crippen molar-refractivity contribution in [3.63, 3.8) is 0 Å². The van der Waals surface area contributed by atoms with Crippen LogP contribution in [0.5, 0.6) is 0 Å². The lowest BCUT2D eigenvalue weighted by atomic mass is 10.2. The average molecular weight is 178 g/mol. The van der Waals surface area contributed by atoms with Crippen LogP contribution in [0.2, 0.25) is 0 Å². The van der Waals surface area contributed by atoms with Gasteiger partial charge in [0.2, 0.25) is 0 Å². The molecule has 1 aromatic carbocycles. The van der Waals surface area contributed by atoms with Gasteiger partial charge >= 0.3 is 0 Å². The van der Waals surface area contributed by atoms with Crippen LogP contribution in [0.15, 0.2) is 23.2 Å². The molecule has 0 amide bonds. The summed E-state index contributed by atoms with van der Waals surface area (Å²) in [6, 6.07) is 4.20. The third kappa shape index (κ3) is 2.47. The monoisotopic (exact) mass is 178 g/mol. The van der Waals surface area contributed by atoms with Gasteiger partial charge in [-0.25, -0.2) is 4.39 Å². The summed E-state index contributed by atoms with van der Waals surface area (Å²) in [7, 11) is 0. The van der Waals surface area contributed by atoms with Gasteiger partial charge in [0.05, 0.1) is 5.69 Å². The zero-order valence-corrected chi connectivity index (χ0v) is 7.42. The summed E-state index contributed by atoms with van der Waals surface area (Å²) >= 11 is 0. The molecule has 2 nitrogen and oxygen atoms in total. The zero-order chi connectivity index (χ0) is 9.68. The van der Waals surface area contributed by atoms with E-state index in [2.05, 4.69) is 4.99 Å². The molecule has 0 aromatic heterocycles. The highest BCUT2D eigenvalue weighted by molar-refractivity contribution is 5.85. The summed E-state index contributed by atoms with van der Waals surface area (Å²) in [6.45, 7) is 1.95. The first-order chi connectivity index (χ1) is 6.27. The van der Waals surface area contributed by atoms with E-state index in [1.807, 2.05) is 6.92 Å². The lowest BCUT2D eigenvalue weighted by Crippen LogP contribution is -1.83. The lowest BCUT2D eigenvalue weighted by Gasteiger charge is -1.98. The Morgan fingerprint density at radius 1 is 1.54 bits per heavy atom. The number of nitrogens with one attached hydrogen (secondary N) is 1. The molecule has 0 saturated carbocycles. The number of rotatable bonds is 3. The topological polar surface area (TPSA) is 36.2 Å². The Kier molecular flexibility index (Phi) is 3.31. The van der Waals surface area contributed by atoms with Gasteiger partial charge in [0.1, 0.15) is 5.82 Å². The van der Waals surface area contributed by atoms with Crippen LogP contribution in [0.4, 0.5) is 10.1 Å². The van der Waals surface area contributed by atoms with E-state index < -0.39 is 0 Å². The molecular formula is C10H11FN2. The van der Waals surface area contributed by atoms with Gasteiger partial charge < -0.3 is 5.41 Å². The van der Waals surface area contributed by atoms with Crippen LogP contribution >= 0.6 is 0 Å². The van der Waals surface area contributed by atoms with E-state index in [1.54, 1.807) is 12.3 Å². The van der Waals surface area contributed by atoms with Gasteiger partial charge in [-0.1, -0.05) is 6.92 Å². The molecule has 68 valence electrons. The number of halogens is 1. The number of nitrogens with zero attached hydrogens (tertiary/aromatic N) is 1. The molecule has 0 atom stereocenters. The molecule has 0 fully saturated rings. The second-order valence-electron chi connectivity index (χ2n) is 2.57. The standard InChI is InChI=1S/C10H11FN2/c1-2-5-13-10-6-9(11)4-3-8(10)7-12/h3-7,12H,2H2,1H3. The molecule has 1 N–H and O–H groups in total. The smallest absolute Gasteiger partial charge is 0.125 e. The molecule has 0 spiro atoms. The van der Waals surface area contributed by atoms with Gasteiger partial charge in [-0.2, -0.15) is 0 Å². The van der Waals surface area contributed by atoms with E-state index in [9.17, 15) is 4.39 Å². The zero-order valence-electron chi connectivity index (χ0n) is 7.42. The number of hydrogen-bond donors (Lipinski definition) is 1. The molecule has 3 heteroatoms. The molecule has 0 heterocycles. The first-order valence-corrected chi connectivity index (χ1v) is 4.10. The SMILES string of the molecule is CCC=Nc1cc(F)ccc1C=N. The van der Waals surface area contributed by atoms with Crippen LogP contribution < -0.4 is 0 Å². The molecule has 0 saturated heterocycles. The van der Waals surface area contributed by atoms with Gasteiger partial charge in [-0.15, -0.1) is 0 Å². The first-order valence-electron chi connectivity index (χ1n) is 4.10. The van der Waals surface area contributed by atoms with Crippen molar-refractivity contribution in [1.29, 1.82) is 5.41 Å². The maximum atomic E-state index is 12.8. The minimum Gasteiger partial charge on any atom is -0.308 e. The van der Waals surface area contributed by atoms with E-state index >= 15 is 0 Å². The Labute approximate surface area is 76.6 Å². The molecule has 13 heavy (non-hydrogen) atoms. The first kappa shape index (κ1) is 9.58. The Morgan fingerprint density at radius 2 is 2.31 bits per heavy atom. The van der Waals surface area contributed by atoms with E-state index in [-0.39, 0.29) is 5.82 Å². The normalized spacial score (nSPS) is 10.6. The Hall–Kier alpha value is -1.51. The quantitative estimate of drug-likeness (QED) is 0.691. The van der Waals surface area contributed by atoms with E-state index in [4.69, 9.17) is 5.41 Å². The summed E-state index contributed by atoms with van der Waals surface area (Å²) in [5.74, 6) is -0.325. The molecule has 1 rings (SSSR count). The minimum atomic E-state index is -0.325. The van der Waals surface area contributed by atoms with Crippen LogP contribution in [0.3, 0.4) is 0 Å². The van der Waals surface area contributed by atoms with Crippen molar-refractivity contribution in [2.24, 2.45) is 4.99 Å². The minimum absolute atomic E-state index is 0.325. The average Bonchev–Trinajstić information content (AvgIpc) is 2.15. The van der Waals surface area contributed by atoms with Gasteiger partial charge in [0, 0.05) is 24.1 Å². The van der Waals surface area contributed by atoms with Crippen LogP contribution in [-0.2, 0) is 0 Å². The summed E-state index contributed by atoms with van der Waals surface area (Å²) in [5.41, 5.74) is 1.14. The van der Waals surface area contributed by atoms with Crippen molar-refractivity contribution in [2.75, 3.05) is 0 Å². The molecular weight excluding hydrogens is 167 g/mol. The molecule has 0 bridgehead atoms. The predicted octanol–water partition coefficient (Wildman–Crippen LogP) is 2.94. The third-order valence-corrected chi connectivity index (χ3v) is 1.56. The van der Waals surface area contributed by atoms with Crippen LogP contribution in [0.25, 0.3) is 0 Å².